The molecule has 0 unspecified atom stereocenters. The molecule has 49 heavy (non-hydrogen) atoms. The van der Waals surface area contributed by atoms with Gasteiger partial charge in [-0.1, -0.05) is 81.7 Å². The van der Waals surface area contributed by atoms with E-state index in [-0.39, 0.29) is 32.0 Å². The zero-order valence-corrected chi connectivity index (χ0v) is 27.6. The number of hydrogen-bond acceptors (Lipinski definition) is 7. The van der Waals surface area contributed by atoms with Crippen LogP contribution in [0.2, 0.25) is 0 Å². The molecular weight excluding hydrogens is 705 g/mol. The molecule has 2 atom stereocenters. The summed E-state index contributed by atoms with van der Waals surface area (Å²) >= 11 is 3.59. The zero-order valence-electron chi connectivity index (χ0n) is 26.0. The lowest BCUT2D eigenvalue weighted by atomic mass is 9.80. The van der Waals surface area contributed by atoms with Crippen LogP contribution < -0.4 is 15.6 Å². The molecule has 5 rings (SSSR count). The summed E-state index contributed by atoms with van der Waals surface area (Å²) in [5.41, 5.74) is 14.9. The fourth-order valence-electron chi connectivity index (χ4n) is 5.43. The summed E-state index contributed by atoms with van der Waals surface area (Å²) in [5, 5.41) is 12.8. The normalized spacial score (nSPS) is 17.1. The number of aliphatic hydroxyl groups is 1. The zero-order chi connectivity index (χ0) is 34.9. The fraction of sp³-hybridized carbons (Fsp3) is 0.257. The van der Waals surface area contributed by atoms with Gasteiger partial charge in [0.05, 0.1) is 18.7 Å². The molecule has 0 aliphatic carbocycles. The summed E-state index contributed by atoms with van der Waals surface area (Å²) < 4.78 is 53.0. The maximum absolute atomic E-state index is 14.5. The van der Waals surface area contributed by atoms with Gasteiger partial charge in [-0.2, -0.15) is 13.2 Å². The first-order valence-corrected chi connectivity index (χ1v) is 16.1. The number of amides is 1. The molecule has 1 aliphatic heterocycles. The van der Waals surface area contributed by atoms with Gasteiger partial charge in [0.25, 0.3) is 5.91 Å². The molecule has 0 saturated heterocycles. The molecular formula is C35H32BrF3N6O4. The number of hydrogen-bond donors (Lipinski definition) is 3. The van der Waals surface area contributed by atoms with Gasteiger partial charge in [0.15, 0.2) is 11.6 Å². The Morgan fingerprint density at radius 1 is 1.04 bits per heavy atom. The van der Waals surface area contributed by atoms with Crippen molar-refractivity contribution in [3.8, 4) is 5.75 Å². The molecule has 1 amide bonds. The van der Waals surface area contributed by atoms with E-state index in [2.05, 4.69) is 36.8 Å². The number of rotatable bonds is 14. The Morgan fingerprint density at radius 3 is 2.49 bits per heavy atom. The van der Waals surface area contributed by atoms with Crippen molar-refractivity contribution in [2.45, 2.75) is 43.8 Å². The Labute approximate surface area is 288 Å². The number of azide groups is 1. The van der Waals surface area contributed by atoms with Gasteiger partial charge in [0.1, 0.15) is 5.75 Å². The van der Waals surface area contributed by atoms with Crippen LogP contribution in [0.4, 0.5) is 13.2 Å². The Balaban J connectivity index is 1.56. The van der Waals surface area contributed by atoms with Gasteiger partial charge in [-0.3, -0.25) is 10.2 Å². The Morgan fingerprint density at radius 2 is 1.78 bits per heavy atom. The number of aliphatic hydroxyl groups excluding tert-OH is 1. The maximum atomic E-state index is 14.5. The summed E-state index contributed by atoms with van der Waals surface area (Å²) in [6.07, 6.45) is -5.00. The van der Waals surface area contributed by atoms with Crippen LogP contribution in [0, 0.1) is 0 Å². The summed E-state index contributed by atoms with van der Waals surface area (Å²) in [7, 11) is 0. The van der Waals surface area contributed by atoms with Crippen molar-refractivity contribution in [2.24, 2.45) is 10.1 Å². The molecule has 4 aromatic carbocycles. The van der Waals surface area contributed by atoms with Crippen LogP contribution in [0.1, 0.15) is 45.9 Å². The van der Waals surface area contributed by atoms with Crippen molar-refractivity contribution in [1.29, 1.82) is 0 Å². The third-order valence-electron chi connectivity index (χ3n) is 7.84. The maximum Gasteiger partial charge on any atom is 0.416 e. The van der Waals surface area contributed by atoms with E-state index < -0.39 is 29.3 Å². The average molecular weight is 738 g/mol. The van der Waals surface area contributed by atoms with E-state index >= 15 is 0 Å². The van der Waals surface area contributed by atoms with Crippen LogP contribution in [-0.2, 0) is 35.2 Å². The summed E-state index contributed by atoms with van der Waals surface area (Å²) in [6, 6.07) is 26.2. The highest BCUT2D eigenvalue weighted by molar-refractivity contribution is 9.10. The molecule has 0 bridgehead atoms. The summed E-state index contributed by atoms with van der Waals surface area (Å²) in [5.74, 6) is 0.145. The number of nitrogens with zero attached hydrogens (tertiary/aromatic N) is 4. The van der Waals surface area contributed by atoms with Crippen molar-refractivity contribution in [3.05, 3.63) is 145 Å². The Bertz CT molecular complexity index is 1850. The van der Waals surface area contributed by atoms with E-state index in [4.69, 9.17) is 25.1 Å². The monoisotopic (exact) mass is 736 g/mol. The van der Waals surface area contributed by atoms with E-state index in [1.165, 1.54) is 12.1 Å². The second-order valence-corrected chi connectivity index (χ2v) is 12.0. The number of aliphatic imine (C=N–C) groups is 1. The molecule has 0 radical (unpaired) electrons. The molecule has 0 spiro atoms. The van der Waals surface area contributed by atoms with Gasteiger partial charge < -0.3 is 14.6 Å². The molecule has 254 valence electrons. The minimum absolute atomic E-state index is 0.00173. The SMILES string of the molecule is [N-]=[N+]=NCc1ccccc1[C@@H]1OC(c2ccc(OCCCO)cc2)=N[C@]1(Cc1ccccc1Br)C(=O)NNCc1cccc(C(F)(F)F)c1. The minimum Gasteiger partial charge on any atom is -0.494 e. The summed E-state index contributed by atoms with van der Waals surface area (Å²) in [4.78, 5) is 22.4. The molecule has 10 nitrogen and oxygen atoms in total. The highest BCUT2D eigenvalue weighted by Crippen LogP contribution is 2.44. The van der Waals surface area contributed by atoms with Gasteiger partial charge >= 0.3 is 6.18 Å². The van der Waals surface area contributed by atoms with Crippen LogP contribution in [0.5, 0.6) is 5.75 Å². The van der Waals surface area contributed by atoms with Gasteiger partial charge in [-0.15, -0.1) is 0 Å². The molecule has 0 aromatic heterocycles. The lowest BCUT2D eigenvalue weighted by Crippen LogP contribution is -2.53. The molecule has 14 heteroatoms. The van der Waals surface area contributed by atoms with Crippen molar-refractivity contribution >= 4 is 27.7 Å². The molecule has 4 aromatic rings. The van der Waals surface area contributed by atoms with E-state index in [1.54, 1.807) is 48.5 Å². The van der Waals surface area contributed by atoms with Crippen LogP contribution in [0.25, 0.3) is 10.4 Å². The standard InChI is InChI=1S/C35H32BrF3N6O4/c36-30-12-4-2-8-25(30)20-34(33(47)44-41-21-23-7-5-10-27(19-23)35(37,38)39)31(29-11-3-1-9-26(29)22-42-45-40)49-32(43-34)24-13-15-28(16-14-24)48-18-6-17-46/h1-5,7-16,19,31,41,46H,6,17-18,20-22H2,(H,44,47)/t31-,34-/m0/s1. The van der Waals surface area contributed by atoms with Gasteiger partial charge in [0, 0.05) is 40.9 Å². The highest BCUT2D eigenvalue weighted by Gasteiger charge is 2.54. The molecule has 1 aliphatic rings. The van der Waals surface area contributed by atoms with E-state index in [0.717, 1.165) is 22.2 Å². The second kappa shape index (κ2) is 16.0. The minimum atomic E-state index is -4.52. The molecule has 1 heterocycles. The fourth-order valence-corrected chi connectivity index (χ4v) is 5.85. The van der Waals surface area contributed by atoms with Crippen LogP contribution in [0.3, 0.4) is 0 Å². The highest BCUT2D eigenvalue weighted by atomic mass is 79.9. The molecule has 0 fully saturated rings. The number of benzene rings is 4. The van der Waals surface area contributed by atoms with E-state index in [1.807, 2.05) is 24.3 Å². The first kappa shape index (κ1) is 35.4. The van der Waals surface area contributed by atoms with Gasteiger partial charge in [-0.25, -0.2) is 10.4 Å². The third-order valence-corrected chi connectivity index (χ3v) is 8.61. The first-order chi connectivity index (χ1) is 23.6. The molecule has 0 saturated carbocycles. The number of nitrogens with one attached hydrogen (secondary N) is 2. The van der Waals surface area contributed by atoms with Gasteiger partial charge in [0.2, 0.25) is 5.90 Å². The first-order valence-electron chi connectivity index (χ1n) is 15.3. The largest absolute Gasteiger partial charge is 0.494 e. The molecule has 3 N–H and O–H groups in total. The van der Waals surface area contributed by atoms with Crippen LogP contribution in [0.15, 0.2) is 112 Å². The van der Waals surface area contributed by atoms with E-state index in [0.29, 0.717) is 41.0 Å². The van der Waals surface area contributed by atoms with Crippen LogP contribution >= 0.6 is 15.9 Å². The number of alkyl halides is 3. The third kappa shape index (κ3) is 8.59. The Kier molecular flexibility index (Phi) is 11.6. The predicted octanol–water partition coefficient (Wildman–Crippen LogP) is 7.36. The van der Waals surface area contributed by atoms with Crippen molar-refractivity contribution in [1.82, 2.24) is 10.9 Å². The smallest absolute Gasteiger partial charge is 0.416 e. The average Bonchev–Trinajstić information content (AvgIpc) is 3.49. The lowest BCUT2D eigenvalue weighted by molar-refractivity contribution is -0.137. The van der Waals surface area contributed by atoms with Crippen molar-refractivity contribution < 1.29 is 32.5 Å². The number of carbonyl (C=O) groups is 1. The van der Waals surface area contributed by atoms with Crippen LogP contribution in [-0.4, -0.2) is 35.7 Å². The number of hydrazine groups is 1. The van der Waals surface area contributed by atoms with Gasteiger partial charge in [-0.05, 0) is 64.2 Å². The lowest BCUT2D eigenvalue weighted by Gasteiger charge is -2.32. The topological polar surface area (TPSA) is 141 Å². The van der Waals surface area contributed by atoms with Crippen molar-refractivity contribution in [3.63, 3.8) is 0 Å². The summed E-state index contributed by atoms with van der Waals surface area (Å²) in [6.45, 7) is 0.220. The Hall–Kier alpha value is -4.88. The predicted molar refractivity (Wildman–Crippen MR) is 180 cm³/mol. The number of halogens is 4. The second-order valence-electron chi connectivity index (χ2n) is 11.2. The number of carbonyl (C=O) groups excluding carboxylic acids is 1. The number of ether oxygens (including phenoxy) is 2. The quantitative estimate of drug-likeness (QED) is 0.0408. The van der Waals surface area contributed by atoms with Crippen molar-refractivity contribution in [2.75, 3.05) is 13.2 Å². The van der Waals surface area contributed by atoms with E-state index in [9.17, 15) is 18.0 Å².